The normalized spacial score (nSPS) is 11.8. The molecule has 4 rings (SSSR count). The van der Waals surface area contributed by atoms with E-state index in [4.69, 9.17) is 9.15 Å². The number of furan rings is 1. The molecule has 0 radical (unpaired) electrons. The highest BCUT2D eigenvalue weighted by Gasteiger charge is 2.24. The summed E-state index contributed by atoms with van der Waals surface area (Å²) in [7, 11) is -0.480. The largest absolute Gasteiger partial charge is 0.497 e. The fourth-order valence-electron chi connectivity index (χ4n) is 2.72. The Morgan fingerprint density at radius 2 is 1.93 bits per heavy atom. The van der Waals surface area contributed by atoms with Gasteiger partial charge in [-0.2, -0.15) is 4.98 Å². The van der Waals surface area contributed by atoms with Crippen LogP contribution in [0.15, 0.2) is 58.6 Å². The van der Waals surface area contributed by atoms with Gasteiger partial charge < -0.3 is 13.7 Å². The number of ether oxygens (including phenoxy) is 1. The van der Waals surface area contributed by atoms with E-state index >= 15 is 0 Å². The molecule has 0 fully saturated rings. The van der Waals surface area contributed by atoms with E-state index in [9.17, 15) is 8.42 Å². The van der Waals surface area contributed by atoms with Crippen molar-refractivity contribution in [2.24, 2.45) is 7.05 Å². The molecule has 1 aromatic carbocycles. The molecular formula is C18H16N4O4S. The zero-order valence-corrected chi connectivity index (χ0v) is 15.5. The van der Waals surface area contributed by atoms with Crippen LogP contribution in [-0.2, 0) is 22.6 Å². The van der Waals surface area contributed by atoms with Crippen LogP contribution in [0.2, 0.25) is 0 Å². The third-order valence-electron chi connectivity index (χ3n) is 4.09. The van der Waals surface area contributed by atoms with E-state index in [-0.39, 0.29) is 10.9 Å². The second-order valence-corrected chi connectivity index (χ2v) is 7.85. The molecule has 0 bridgehead atoms. The van der Waals surface area contributed by atoms with Gasteiger partial charge in [-0.05, 0) is 29.8 Å². The van der Waals surface area contributed by atoms with Gasteiger partial charge in [0.05, 0.1) is 25.5 Å². The quantitative estimate of drug-likeness (QED) is 0.488. The topological polar surface area (TPSA) is 100 Å². The number of aromatic nitrogens is 4. The third kappa shape index (κ3) is 3.17. The van der Waals surface area contributed by atoms with Crippen molar-refractivity contribution in [2.75, 3.05) is 7.11 Å². The van der Waals surface area contributed by atoms with Crippen LogP contribution in [0.1, 0.15) is 5.56 Å². The summed E-state index contributed by atoms with van der Waals surface area (Å²) in [6.07, 6.45) is 3.06. The van der Waals surface area contributed by atoms with Crippen LogP contribution < -0.4 is 4.74 Å². The molecule has 0 saturated heterocycles. The number of sulfone groups is 1. The molecule has 0 aliphatic heterocycles. The average molecular weight is 384 g/mol. The summed E-state index contributed by atoms with van der Waals surface area (Å²) in [5.74, 6) is 0.864. The van der Waals surface area contributed by atoms with Crippen molar-refractivity contribution in [1.82, 2.24) is 19.5 Å². The number of imidazole rings is 1. The molecule has 3 aromatic heterocycles. The van der Waals surface area contributed by atoms with E-state index < -0.39 is 9.84 Å². The molecule has 27 heavy (non-hydrogen) atoms. The molecule has 8 nitrogen and oxygen atoms in total. The van der Waals surface area contributed by atoms with Crippen molar-refractivity contribution in [3.05, 3.63) is 54.6 Å². The van der Waals surface area contributed by atoms with Crippen molar-refractivity contribution in [3.8, 4) is 17.2 Å². The van der Waals surface area contributed by atoms with E-state index in [0.717, 1.165) is 0 Å². The van der Waals surface area contributed by atoms with Crippen LogP contribution in [0.25, 0.3) is 22.6 Å². The summed E-state index contributed by atoms with van der Waals surface area (Å²) in [5.41, 5.74) is 1.86. The number of rotatable bonds is 5. The number of hydrogen-bond donors (Lipinski definition) is 0. The number of nitrogens with zero attached hydrogens (tertiary/aromatic N) is 4. The third-order valence-corrected chi connectivity index (χ3v) is 5.54. The molecule has 138 valence electrons. The Hall–Kier alpha value is -3.20. The minimum Gasteiger partial charge on any atom is -0.497 e. The highest BCUT2D eigenvalue weighted by atomic mass is 32.2. The summed E-state index contributed by atoms with van der Waals surface area (Å²) in [5, 5.41) is -0.263. The molecular weight excluding hydrogens is 368 g/mol. The molecule has 3 heterocycles. The van der Waals surface area contributed by atoms with Gasteiger partial charge in [-0.1, -0.05) is 12.1 Å². The Kier molecular flexibility index (Phi) is 4.15. The highest BCUT2D eigenvalue weighted by Crippen LogP contribution is 2.27. The summed E-state index contributed by atoms with van der Waals surface area (Å²) < 4.78 is 38.0. The van der Waals surface area contributed by atoms with Crippen molar-refractivity contribution >= 4 is 21.0 Å². The summed E-state index contributed by atoms with van der Waals surface area (Å²) in [6, 6.07) is 10.2. The lowest BCUT2D eigenvalue weighted by Crippen LogP contribution is -2.11. The lowest BCUT2D eigenvalue weighted by Gasteiger charge is -2.07. The second-order valence-electron chi connectivity index (χ2n) is 5.97. The molecule has 9 heteroatoms. The SMILES string of the molecule is COc1ccc(CS(=O)(=O)c2nc(-c3ccco3)c3ncn(C)c3n2)cc1. The van der Waals surface area contributed by atoms with Crippen LogP contribution in [0.4, 0.5) is 0 Å². The molecule has 0 aliphatic rings. The standard InChI is InChI=1S/C18H16N4O4S/c1-22-11-19-16-15(14-4-3-9-26-14)20-18(21-17(16)22)27(23,24)10-12-5-7-13(25-2)8-6-12/h3-9,11H,10H2,1-2H3. The first-order chi connectivity index (χ1) is 13.0. The van der Waals surface area contributed by atoms with Gasteiger partial charge in [-0.3, -0.25) is 0 Å². The summed E-state index contributed by atoms with van der Waals surface area (Å²) in [6.45, 7) is 0. The molecule has 0 aliphatic carbocycles. The predicted molar refractivity (Wildman–Crippen MR) is 97.9 cm³/mol. The number of fused-ring (bicyclic) bond motifs is 1. The van der Waals surface area contributed by atoms with Crippen LogP contribution in [-0.4, -0.2) is 35.0 Å². The van der Waals surface area contributed by atoms with Crippen molar-refractivity contribution in [1.29, 1.82) is 0 Å². The Balaban J connectivity index is 1.81. The Labute approximate surface area is 155 Å². The fraction of sp³-hybridized carbons (Fsp3) is 0.167. The van der Waals surface area contributed by atoms with Gasteiger partial charge in [0.1, 0.15) is 17.0 Å². The molecule has 0 unspecified atom stereocenters. The number of benzene rings is 1. The summed E-state index contributed by atoms with van der Waals surface area (Å²) >= 11 is 0. The van der Waals surface area contributed by atoms with Crippen LogP contribution in [0, 0.1) is 0 Å². The molecule has 4 aromatic rings. The van der Waals surface area contributed by atoms with E-state index in [0.29, 0.717) is 33.9 Å². The average Bonchev–Trinajstić information content (AvgIpc) is 3.32. The number of methoxy groups -OCH3 is 1. The van der Waals surface area contributed by atoms with Gasteiger partial charge in [0.25, 0.3) is 0 Å². The van der Waals surface area contributed by atoms with Crippen LogP contribution >= 0.6 is 0 Å². The van der Waals surface area contributed by atoms with Gasteiger partial charge in [0.2, 0.25) is 15.0 Å². The molecule has 0 atom stereocenters. The monoisotopic (exact) mass is 384 g/mol. The fourth-order valence-corrected chi connectivity index (χ4v) is 3.93. The highest BCUT2D eigenvalue weighted by molar-refractivity contribution is 7.90. The second kappa shape index (κ2) is 6.51. The maximum Gasteiger partial charge on any atom is 0.250 e. The zero-order valence-electron chi connectivity index (χ0n) is 14.7. The minimum absolute atomic E-state index is 0.224. The minimum atomic E-state index is -3.78. The van der Waals surface area contributed by atoms with E-state index in [1.165, 1.54) is 6.26 Å². The van der Waals surface area contributed by atoms with Gasteiger partial charge in [0, 0.05) is 7.05 Å². The first-order valence-electron chi connectivity index (χ1n) is 8.06. The first kappa shape index (κ1) is 17.2. The Morgan fingerprint density at radius 3 is 2.59 bits per heavy atom. The maximum atomic E-state index is 12.9. The number of aryl methyl sites for hydroxylation is 1. The Bertz CT molecular complexity index is 1200. The van der Waals surface area contributed by atoms with E-state index in [2.05, 4.69) is 15.0 Å². The van der Waals surface area contributed by atoms with Gasteiger partial charge in [-0.25, -0.2) is 18.4 Å². The lowest BCUT2D eigenvalue weighted by molar-refractivity contribution is 0.414. The molecule has 0 spiro atoms. The van der Waals surface area contributed by atoms with Gasteiger partial charge in [-0.15, -0.1) is 0 Å². The van der Waals surface area contributed by atoms with Crippen LogP contribution in [0.3, 0.4) is 0 Å². The molecule has 0 amide bonds. The first-order valence-corrected chi connectivity index (χ1v) is 9.72. The maximum absolute atomic E-state index is 12.9. The Morgan fingerprint density at radius 1 is 1.15 bits per heavy atom. The smallest absolute Gasteiger partial charge is 0.250 e. The predicted octanol–water partition coefficient (Wildman–Crippen LogP) is 2.61. The van der Waals surface area contributed by atoms with Crippen molar-refractivity contribution < 1.29 is 17.6 Å². The van der Waals surface area contributed by atoms with E-state index in [1.54, 1.807) is 61.5 Å². The van der Waals surface area contributed by atoms with E-state index in [1.807, 2.05) is 0 Å². The lowest BCUT2D eigenvalue weighted by atomic mass is 10.2. The van der Waals surface area contributed by atoms with Crippen molar-refractivity contribution in [2.45, 2.75) is 10.9 Å². The van der Waals surface area contributed by atoms with Crippen LogP contribution in [0.5, 0.6) is 5.75 Å². The number of hydrogen-bond acceptors (Lipinski definition) is 7. The van der Waals surface area contributed by atoms with Gasteiger partial charge >= 0.3 is 0 Å². The zero-order chi connectivity index (χ0) is 19.0. The summed E-state index contributed by atoms with van der Waals surface area (Å²) in [4.78, 5) is 12.8. The van der Waals surface area contributed by atoms with Crippen molar-refractivity contribution in [3.63, 3.8) is 0 Å². The van der Waals surface area contributed by atoms with Gasteiger partial charge in [0.15, 0.2) is 11.4 Å². The molecule has 0 saturated carbocycles. The molecule has 0 N–H and O–H groups in total.